The SMILES string of the molecule is CC(C)Cc1ccc(NC(=O)[C@H](C)NC(=O)C(NC(=O)CCCCCN2C(=O)C=CC2=O)C(C)C)cc1. The van der Waals surface area contributed by atoms with Crippen LogP contribution in [0.4, 0.5) is 5.69 Å². The maximum Gasteiger partial charge on any atom is 0.253 e. The molecule has 9 nitrogen and oxygen atoms in total. The first-order chi connectivity index (χ1) is 17.5. The second-order valence-corrected chi connectivity index (χ2v) is 10.3. The molecule has 2 atom stereocenters. The summed E-state index contributed by atoms with van der Waals surface area (Å²) >= 11 is 0. The molecule has 37 heavy (non-hydrogen) atoms. The van der Waals surface area contributed by atoms with E-state index in [0.29, 0.717) is 37.4 Å². The quantitative estimate of drug-likeness (QED) is 0.261. The molecule has 3 N–H and O–H groups in total. The number of benzene rings is 1. The number of nitrogens with zero attached hydrogens (tertiary/aromatic N) is 1. The van der Waals surface area contributed by atoms with E-state index in [4.69, 9.17) is 0 Å². The summed E-state index contributed by atoms with van der Waals surface area (Å²) in [5.74, 6) is -1.27. The average Bonchev–Trinajstić information content (AvgIpc) is 3.15. The summed E-state index contributed by atoms with van der Waals surface area (Å²) in [5, 5.41) is 8.28. The van der Waals surface area contributed by atoms with E-state index in [0.717, 1.165) is 6.42 Å². The lowest BCUT2D eigenvalue weighted by atomic mass is 10.0. The number of anilines is 1. The first-order valence-electron chi connectivity index (χ1n) is 13.0. The summed E-state index contributed by atoms with van der Waals surface area (Å²) in [6.07, 6.45) is 5.52. The van der Waals surface area contributed by atoms with Crippen LogP contribution in [-0.2, 0) is 30.4 Å². The average molecular weight is 513 g/mol. The molecule has 9 heteroatoms. The van der Waals surface area contributed by atoms with Gasteiger partial charge < -0.3 is 16.0 Å². The highest BCUT2D eigenvalue weighted by atomic mass is 16.2. The van der Waals surface area contributed by atoms with Crippen molar-refractivity contribution >= 4 is 35.2 Å². The lowest BCUT2D eigenvalue weighted by Gasteiger charge is -2.24. The van der Waals surface area contributed by atoms with E-state index in [9.17, 15) is 24.0 Å². The van der Waals surface area contributed by atoms with Crippen LogP contribution in [0, 0.1) is 11.8 Å². The Labute approximate surface area is 219 Å². The topological polar surface area (TPSA) is 125 Å². The molecule has 1 aliphatic heterocycles. The summed E-state index contributed by atoms with van der Waals surface area (Å²) in [6.45, 7) is 9.87. The minimum Gasteiger partial charge on any atom is -0.344 e. The van der Waals surface area contributed by atoms with E-state index in [1.165, 1.54) is 22.6 Å². The largest absolute Gasteiger partial charge is 0.344 e. The number of hydrogen-bond donors (Lipinski definition) is 3. The third-order valence-electron chi connectivity index (χ3n) is 6.07. The van der Waals surface area contributed by atoms with Crippen LogP contribution < -0.4 is 16.0 Å². The van der Waals surface area contributed by atoms with Crippen molar-refractivity contribution in [3.63, 3.8) is 0 Å². The zero-order valence-electron chi connectivity index (χ0n) is 22.5. The van der Waals surface area contributed by atoms with Crippen LogP contribution in [-0.4, -0.2) is 53.1 Å². The Morgan fingerprint density at radius 1 is 0.811 bits per heavy atom. The van der Waals surface area contributed by atoms with Crippen LogP contribution in [0.3, 0.4) is 0 Å². The van der Waals surface area contributed by atoms with Gasteiger partial charge in [0.05, 0.1) is 0 Å². The maximum absolute atomic E-state index is 12.8. The number of carbonyl (C=O) groups is 5. The highest BCUT2D eigenvalue weighted by molar-refractivity contribution is 6.12. The summed E-state index contributed by atoms with van der Waals surface area (Å²) in [4.78, 5) is 62.2. The Bertz CT molecular complexity index is 982. The monoisotopic (exact) mass is 512 g/mol. The van der Waals surface area contributed by atoms with Gasteiger partial charge in [-0.15, -0.1) is 0 Å². The predicted molar refractivity (Wildman–Crippen MR) is 142 cm³/mol. The third kappa shape index (κ3) is 9.82. The van der Waals surface area contributed by atoms with Crippen LogP contribution >= 0.6 is 0 Å². The van der Waals surface area contributed by atoms with E-state index in [1.54, 1.807) is 6.92 Å². The van der Waals surface area contributed by atoms with Gasteiger partial charge in [-0.3, -0.25) is 28.9 Å². The van der Waals surface area contributed by atoms with E-state index in [1.807, 2.05) is 38.1 Å². The minimum atomic E-state index is -0.786. The van der Waals surface area contributed by atoms with Crippen molar-refractivity contribution in [3.05, 3.63) is 42.0 Å². The summed E-state index contributed by atoms with van der Waals surface area (Å²) in [7, 11) is 0. The third-order valence-corrected chi connectivity index (χ3v) is 6.07. The molecule has 1 aromatic carbocycles. The van der Waals surface area contributed by atoms with Crippen LogP contribution in [0.15, 0.2) is 36.4 Å². The molecule has 1 aliphatic rings. The number of rotatable bonds is 14. The Morgan fingerprint density at radius 3 is 2.00 bits per heavy atom. The molecule has 202 valence electrons. The smallest absolute Gasteiger partial charge is 0.253 e. The van der Waals surface area contributed by atoms with Gasteiger partial charge in [0.25, 0.3) is 11.8 Å². The summed E-state index contributed by atoms with van der Waals surface area (Å²) < 4.78 is 0. The fourth-order valence-electron chi connectivity index (χ4n) is 3.98. The summed E-state index contributed by atoms with van der Waals surface area (Å²) in [5.41, 5.74) is 1.85. The van der Waals surface area contributed by atoms with Gasteiger partial charge in [-0.25, -0.2) is 0 Å². The molecule has 0 bridgehead atoms. The van der Waals surface area contributed by atoms with Gasteiger partial charge >= 0.3 is 0 Å². The van der Waals surface area contributed by atoms with E-state index >= 15 is 0 Å². The standard InChI is InChI=1S/C28H40N4O5/c1-18(2)17-21-10-12-22(13-11-21)30-27(36)20(5)29-28(37)26(19(3)4)31-23(33)9-7-6-8-16-32-24(34)14-15-25(32)35/h10-15,18-20,26H,6-9,16-17H2,1-5H3,(H,29,37)(H,30,36)(H,31,33)/t20-,26?/m0/s1. The number of imide groups is 1. The second-order valence-electron chi connectivity index (χ2n) is 10.3. The second kappa shape index (κ2) is 14.3. The van der Waals surface area contributed by atoms with Crippen LogP contribution in [0.25, 0.3) is 0 Å². The fourth-order valence-corrected chi connectivity index (χ4v) is 3.98. The Morgan fingerprint density at radius 2 is 1.43 bits per heavy atom. The van der Waals surface area contributed by atoms with Crippen molar-refractivity contribution in [2.24, 2.45) is 11.8 Å². The molecule has 0 saturated carbocycles. The molecule has 0 spiro atoms. The maximum atomic E-state index is 12.8. The van der Waals surface area contributed by atoms with Crippen molar-refractivity contribution < 1.29 is 24.0 Å². The molecule has 2 rings (SSSR count). The van der Waals surface area contributed by atoms with Gasteiger partial charge in [0.15, 0.2) is 0 Å². The zero-order chi connectivity index (χ0) is 27.5. The highest BCUT2D eigenvalue weighted by Gasteiger charge is 2.27. The molecule has 1 unspecified atom stereocenters. The van der Waals surface area contributed by atoms with Crippen molar-refractivity contribution in [1.29, 1.82) is 0 Å². The number of amides is 5. The first kappa shape index (κ1) is 29.7. The Kier molecular flexibility index (Phi) is 11.5. The molecular formula is C28H40N4O5. The molecule has 0 saturated heterocycles. The lowest BCUT2D eigenvalue weighted by Crippen LogP contribution is -2.53. The molecule has 0 radical (unpaired) electrons. The molecular weight excluding hydrogens is 472 g/mol. The van der Waals surface area contributed by atoms with E-state index in [2.05, 4.69) is 29.8 Å². The molecule has 5 amide bonds. The molecule has 1 aromatic rings. The van der Waals surface area contributed by atoms with Crippen molar-refractivity contribution in [1.82, 2.24) is 15.5 Å². The van der Waals surface area contributed by atoms with Crippen LogP contribution in [0.2, 0.25) is 0 Å². The van der Waals surface area contributed by atoms with Gasteiger partial charge in [0, 0.05) is 30.8 Å². The molecule has 0 aromatic heterocycles. The van der Waals surface area contributed by atoms with E-state index in [-0.39, 0.29) is 36.0 Å². The predicted octanol–water partition coefficient (Wildman–Crippen LogP) is 2.95. The summed E-state index contributed by atoms with van der Waals surface area (Å²) in [6, 6.07) is 6.09. The Balaban J connectivity index is 1.76. The normalized spacial score (nSPS) is 14.7. The first-order valence-corrected chi connectivity index (χ1v) is 13.0. The molecule has 1 heterocycles. The van der Waals surface area contributed by atoms with Crippen LogP contribution in [0.5, 0.6) is 0 Å². The van der Waals surface area contributed by atoms with Gasteiger partial charge in [-0.05, 0) is 55.7 Å². The molecule has 0 aliphatic carbocycles. The highest BCUT2D eigenvalue weighted by Crippen LogP contribution is 2.14. The molecule has 0 fully saturated rings. The van der Waals surface area contributed by atoms with Gasteiger partial charge in [0.2, 0.25) is 17.7 Å². The minimum absolute atomic E-state index is 0.174. The number of unbranched alkanes of at least 4 members (excludes halogenated alkanes) is 2. The van der Waals surface area contributed by atoms with Crippen molar-refractivity contribution in [2.45, 2.75) is 78.8 Å². The number of hydrogen-bond acceptors (Lipinski definition) is 5. The van der Waals surface area contributed by atoms with Gasteiger partial charge in [0.1, 0.15) is 12.1 Å². The van der Waals surface area contributed by atoms with Gasteiger partial charge in [-0.2, -0.15) is 0 Å². The van der Waals surface area contributed by atoms with Crippen molar-refractivity contribution in [2.75, 3.05) is 11.9 Å². The fraction of sp³-hybridized carbons (Fsp3) is 0.536. The van der Waals surface area contributed by atoms with Crippen molar-refractivity contribution in [3.8, 4) is 0 Å². The Hall–Kier alpha value is -3.49. The van der Waals surface area contributed by atoms with Crippen LogP contribution in [0.1, 0.15) is 65.9 Å². The number of carbonyl (C=O) groups excluding carboxylic acids is 5. The number of nitrogens with one attached hydrogen (secondary N) is 3. The van der Waals surface area contributed by atoms with E-state index < -0.39 is 18.0 Å². The van der Waals surface area contributed by atoms with Gasteiger partial charge in [-0.1, -0.05) is 46.2 Å². The zero-order valence-corrected chi connectivity index (χ0v) is 22.5. The lowest BCUT2D eigenvalue weighted by molar-refractivity contribution is -0.137.